The van der Waals surface area contributed by atoms with Crippen molar-refractivity contribution in [2.75, 3.05) is 18.6 Å². The maximum Gasteiger partial charge on any atom is 0.263 e. The molecule has 0 atom stereocenters. The molecule has 3 aromatic rings. The lowest BCUT2D eigenvalue weighted by atomic mass is 10.2. The minimum atomic E-state index is -3.85. The second-order valence-electron chi connectivity index (χ2n) is 5.88. The largest absolute Gasteiger partial charge is 0.478 e. The summed E-state index contributed by atoms with van der Waals surface area (Å²) in [4.78, 5) is 12.3. The van der Waals surface area contributed by atoms with Gasteiger partial charge < -0.3 is 14.2 Å². The Kier molecular flexibility index (Phi) is 5.00. The van der Waals surface area contributed by atoms with Gasteiger partial charge in [-0.1, -0.05) is 0 Å². The molecule has 2 aromatic carbocycles. The van der Waals surface area contributed by atoms with Gasteiger partial charge in [-0.25, -0.2) is 18.4 Å². The Morgan fingerprint density at radius 3 is 2.62 bits per heavy atom. The first-order chi connectivity index (χ1) is 14.0. The molecule has 0 spiro atoms. The molecule has 0 fully saturated rings. The molecule has 1 aliphatic heterocycles. The molecule has 29 heavy (non-hydrogen) atoms. The third kappa shape index (κ3) is 4.11. The van der Waals surface area contributed by atoms with Crippen LogP contribution in [0.15, 0.2) is 64.7 Å². The van der Waals surface area contributed by atoms with Gasteiger partial charge >= 0.3 is 0 Å². The molecule has 148 valence electrons. The highest BCUT2D eigenvalue weighted by molar-refractivity contribution is 7.92. The molecule has 9 nitrogen and oxygen atoms in total. The van der Waals surface area contributed by atoms with E-state index in [1.54, 1.807) is 18.3 Å². The van der Waals surface area contributed by atoms with Crippen molar-refractivity contribution in [2.24, 2.45) is 4.99 Å². The quantitative estimate of drug-likeness (QED) is 0.620. The van der Waals surface area contributed by atoms with Crippen LogP contribution >= 0.6 is 0 Å². The molecule has 0 amide bonds. The average molecular weight is 412 g/mol. The first kappa shape index (κ1) is 18.7. The van der Waals surface area contributed by atoms with Crippen LogP contribution in [0.4, 0.5) is 11.5 Å². The number of anilines is 1. The number of ether oxygens (including phenoxy) is 3. The predicted octanol–water partition coefficient (Wildman–Crippen LogP) is 2.77. The van der Waals surface area contributed by atoms with Crippen molar-refractivity contribution in [1.82, 2.24) is 9.97 Å². The number of hydrogen-bond acceptors (Lipinski definition) is 8. The van der Waals surface area contributed by atoms with Gasteiger partial charge in [0, 0.05) is 18.6 Å². The number of hydrogen-bond donors (Lipinski definition) is 1. The Bertz CT molecular complexity index is 1160. The number of fused-ring (bicyclic) bond motifs is 1. The molecule has 0 saturated carbocycles. The number of benzene rings is 2. The summed E-state index contributed by atoms with van der Waals surface area (Å²) < 4.78 is 43.1. The van der Waals surface area contributed by atoms with Gasteiger partial charge in [-0.15, -0.1) is 0 Å². The summed E-state index contributed by atoms with van der Waals surface area (Å²) >= 11 is 0. The zero-order valence-corrected chi connectivity index (χ0v) is 16.1. The van der Waals surface area contributed by atoms with Crippen LogP contribution in [0.25, 0.3) is 0 Å². The minimum absolute atomic E-state index is 0.0138. The van der Waals surface area contributed by atoms with Crippen molar-refractivity contribution in [3.05, 3.63) is 60.4 Å². The molecular weight excluding hydrogens is 396 g/mol. The fraction of sp³-hybridized carbons (Fsp3) is 0.105. The number of aromatic nitrogens is 2. The van der Waals surface area contributed by atoms with Crippen LogP contribution in [0.1, 0.15) is 5.56 Å². The van der Waals surface area contributed by atoms with Crippen LogP contribution < -0.4 is 18.9 Å². The Hall–Kier alpha value is -3.66. The van der Waals surface area contributed by atoms with Crippen molar-refractivity contribution in [3.63, 3.8) is 0 Å². The maximum absolute atomic E-state index is 12.6. The molecule has 1 aromatic heterocycles. The van der Waals surface area contributed by atoms with Gasteiger partial charge in [0.15, 0.2) is 11.5 Å². The van der Waals surface area contributed by atoms with E-state index in [1.165, 1.54) is 31.6 Å². The third-order valence-electron chi connectivity index (χ3n) is 4.00. The van der Waals surface area contributed by atoms with Crippen LogP contribution in [0.5, 0.6) is 17.4 Å². The van der Waals surface area contributed by atoms with E-state index in [-0.39, 0.29) is 23.4 Å². The van der Waals surface area contributed by atoms with Gasteiger partial charge in [-0.3, -0.25) is 9.71 Å². The maximum atomic E-state index is 12.6. The first-order valence-corrected chi connectivity index (χ1v) is 9.95. The molecule has 0 radical (unpaired) electrons. The highest BCUT2D eigenvalue weighted by Gasteiger charge is 2.18. The van der Waals surface area contributed by atoms with Crippen LogP contribution in [0.3, 0.4) is 0 Å². The van der Waals surface area contributed by atoms with E-state index in [0.717, 1.165) is 5.56 Å². The van der Waals surface area contributed by atoms with E-state index >= 15 is 0 Å². The summed E-state index contributed by atoms with van der Waals surface area (Å²) in [5.41, 5.74) is 1.43. The molecule has 4 rings (SSSR count). The molecule has 10 heteroatoms. The number of methoxy groups -OCH3 is 1. The smallest absolute Gasteiger partial charge is 0.263 e. The van der Waals surface area contributed by atoms with Gasteiger partial charge in [-0.2, -0.15) is 0 Å². The fourth-order valence-corrected chi connectivity index (χ4v) is 3.59. The van der Waals surface area contributed by atoms with Gasteiger partial charge in [0.05, 0.1) is 17.7 Å². The van der Waals surface area contributed by atoms with Gasteiger partial charge in [0.2, 0.25) is 12.6 Å². The van der Waals surface area contributed by atoms with E-state index in [2.05, 4.69) is 19.7 Å². The number of aliphatic imine (C=N–C) groups is 1. The van der Waals surface area contributed by atoms with Gasteiger partial charge in [0.1, 0.15) is 0 Å². The van der Waals surface area contributed by atoms with E-state index in [4.69, 9.17) is 14.2 Å². The van der Waals surface area contributed by atoms with Crippen molar-refractivity contribution in [1.29, 1.82) is 0 Å². The van der Waals surface area contributed by atoms with E-state index < -0.39 is 10.0 Å². The van der Waals surface area contributed by atoms with Crippen molar-refractivity contribution >= 4 is 27.7 Å². The van der Waals surface area contributed by atoms with Gasteiger partial charge in [0.25, 0.3) is 15.9 Å². The number of nitrogens with zero attached hydrogens (tertiary/aromatic N) is 3. The second kappa shape index (κ2) is 7.76. The standard InChI is InChI=1S/C19H16N4O5S/c1-26-19-18(20-8-9-21-19)23-29(24,25)15-5-3-14(4-6-15)22-11-13-2-7-16-17(10-13)28-12-27-16/h2-11H,12H2,1H3,(H,20,23). The molecule has 1 N–H and O–H groups in total. The third-order valence-corrected chi connectivity index (χ3v) is 5.35. The van der Waals surface area contributed by atoms with Crippen molar-refractivity contribution in [2.45, 2.75) is 4.90 Å². The summed E-state index contributed by atoms with van der Waals surface area (Å²) in [6, 6.07) is 11.6. The number of rotatable bonds is 6. The van der Waals surface area contributed by atoms with E-state index in [1.807, 2.05) is 18.2 Å². The lowest BCUT2D eigenvalue weighted by Gasteiger charge is -2.09. The lowest BCUT2D eigenvalue weighted by Crippen LogP contribution is -2.14. The summed E-state index contributed by atoms with van der Waals surface area (Å²) in [5.74, 6) is 1.46. The second-order valence-corrected chi connectivity index (χ2v) is 7.57. The zero-order valence-electron chi connectivity index (χ0n) is 15.3. The molecule has 0 saturated heterocycles. The lowest BCUT2D eigenvalue weighted by molar-refractivity contribution is 0.174. The highest BCUT2D eigenvalue weighted by Crippen LogP contribution is 2.32. The Morgan fingerprint density at radius 2 is 1.83 bits per heavy atom. The van der Waals surface area contributed by atoms with Crippen molar-refractivity contribution in [3.8, 4) is 17.4 Å². The molecule has 0 unspecified atom stereocenters. The topological polar surface area (TPSA) is 112 Å². The molecule has 0 aliphatic carbocycles. The minimum Gasteiger partial charge on any atom is -0.478 e. The monoisotopic (exact) mass is 412 g/mol. The Labute approximate surface area is 167 Å². The number of nitrogens with one attached hydrogen (secondary N) is 1. The summed E-state index contributed by atoms with van der Waals surface area (Å²) in [6.07, 6.45) is 4.44. The molecule has 0 bridgehead atoms. The molecule has 2 heterocycles. The summed E-state index contributed by atoms with van der Waals surface area (Å²) in [7, 11) is -2.47. The summed E-state index contributed by atoms with van der Waals surface area (Å²) in [5, 5.41) is 0. The molecular formula is C19H16N4O5S. The van der Waals surface area contributed by atoms with Crippen LogP contribution in [-0.2, 0) is 10.0 Å². The van der Waals surface area contributed by atoms with Crippen LogP contribution in [-0.4, -0.2) is 38.5 Å². The molecule has 1 aliphatic rings. The van der Waals surface area contributed by atoms with Crippen molar-refractivity contribution < 1.29 is 22.6 Å². The van der Waals surface area contributed by atoms with Gasteiger partial charge in [-0.05, 0) is 48.0 Å². The average Bonchev–Trinajstić information content (AvgIpc) is 3.20. The Morgan fingerprint density at radius 1 is 1.07 bits per heavy atom. The van der Waals surface area contributed by atoms with E-state index in [9.17, 15) is 8.42 Å². The SMILES string of the molecule is COc1nccnc1NS(=O)(=O)c1ccc(N=Cc2ccc3c(c2)OCO3)cc1. The number of sulfonamides is 1. The predicted molar refractivity (Wildman–Crippen MR) is 106 cm³/mol. The Balaban J connectivity index is 1.49. The highest BCUT2D eigenvalue weighted by atomic mass is 32.2. The fourth-order valence-electron chi connectivity index (χ4n) is 2.58. The summed E-state index contributed by atoms with van der Waals surface area (Å²) in [6.45, 7) is 0.209. The van der Waals surface area contributed by atoms with E-state index in [0.29, 0.717) is 17.2 Å². The van der Waals surface area contributed by atoms with Crippen LogP contribution in [0, 0.1) is 0 Å². The van der Waals surface area contributed by atoms with Crippen LogP contribution in [0.2, 0.25) is 0 Å². The normalized spacial score (nSPS) is 12.9. The zero-order chi connectivity index (χ0) is 20.3. The first-order valence-electron chi connectivity index (χ1n) is 8.47.